The molecule has 1 saturated heterocycles. The summed E-state index contributed by atoms with van der Waals surface area (Å²) in [6.45, 7) is 9.98. The Balaban J connectivity index is 1.25. The van der Waals surface area contributed by atoms with Crippen LogP contribution in [-0.4, -0.2) is 53.0 Å². The number of carbonyl (C=O) groups excluding carboxylic acids is 1. The van der Waals surface area contributed by atoms with Crippen LogP contribution < -0.4 is 4.90 Å². The highest BCUT2D eigenvalue weighted by Crippen LogP contribution is 2.33. The average molecular weight is 403 g/mol. The molecule has 4 heterocycles. The van der Waals surface area contributed by atoms with Crippen LogP contribution >= 0.6 is 0 Å². The van der Waals surface area contributed by atoms with Crippen molar-refractivity contribution in [3.63, 3.8) is 0 Å². The second-order valence-corrected chi connectivity index (χ2v) is 8.72. The van der Waals surface area contributed by atoms with Gasteiger partial charge in [0.15, 0.2) is 5.78 Å². The summed E-state index contributed by atoms with van der Waals surface area (Å²) in [6, 6.07) is 10.7. The molecule has 2 aliphatic rings. The molecular formula is C25H30N4O. The molecule has 5 nitrogen and oxygen atoms in total. The van der Waals surface area contributed by atoms with Gasteiger partial charge >= 0.3 is 0 Å². The van der Waals surface area contributed by atoms with Gasteiger partial charge in [-0.05, 0) is 49.9 Å². The van der Waals surface area contributed by atoms with Crippen molar-refractivity contribution in [1.29, 1.82) is 0 Å². The third-order valence-corrected chi connectivity index (χ3v) is 6.78. The molecule has 0 radical (unpaired) electrons. The van der Waals surface area contributed by atoms with Crippen LogP contribution in [0.5, 0.6) is 0 Å². The van der Waals surface area contributed by atoms with Crippen LogP contribution in [0.4, 0.5) is 5.82 Å². The molecular weight excluding hydrogens is 372 g/mol. The van der Waals surface area contributed by atoms with Gasteiger partial charge in [-0.3, -0.25) is 9.69 Å². The summed E-state index contributed by atoms with van der Waals surface area (Å²) < 4.78 is 2.37. The zero-order valence-electron chi connectivity index (χ0n) is 18.0. The number of para-hydroxylation sites is 1. The molecule has 0 amide bonds. The van der Waals surface area contributed by atoms with Crippen LogP contribution in [0.3, 0.4) is 0 Å². The molecule has 0 unspecified atom stereocenters. The van der Waals surface area contributed by atoms with Crippen LogP contribution in [0.15, 0.2) is 36.5 Å². The normalized spacial score (nSPS) is 16.9. The maximum atomic E-state index is 13.2. The van der Waals surface area contributed by atoms with Crippen LogP contribution in [0.25, 0.3) is 10.9 Å². The van der Waals surface area contributed by atoms with E-state index in [1.54, 1.807) is 0 Å². The van der Waals surface area contributed by atoms with Crippen molar-refractivity contribution in [2.75, 3.05) is 37.6 Å². The zero-order valence-corrected chi connectivity index (χ0v) is 18.0. The summed E-state index contributed by atoms with van der Waals surface area (Å²) in [5, 5.41) is 1.16. The van der Waals surface area contributed by atoms with Crippen molar-refractivity contribution in [3.8, 4) is 0 Å². The number of ketones is 1. The van der Waals surface area contributed by atoms with Gasteiger partial charge < -0.3 is 9.47 Å². The number of Topliss-reactive ketones (excluding diaryl/α,β-unsaturated/α-hetero) is 1. The molecule has 0 aliphatic carbocycles. The molecule has 3 aromatic rings. The highest BCUT2D eigenvalue weighted by atomic mass is 16.1. The Hall–Kier alpha value is -2.66. The topological polar surface area (TPSA) is 41.4 Å². The number of rotatable bonds is 5. The van der Waals surface area contributed by atoms with Gasteiger partial charge in [-0.15, -0.1) is 0 Å². The Morgan fingerprint density at radius 1 is 1.07 bits per heavy atom. The maximum absolute atomic E-state index is 13.2. The number of piperazine rings is 1. The van der Waals surface area contributed by atoms with E-state index in [1.165, 1.54) is 16.6 Å². The highest BCUT2D eigenvalue weighted by Gasteiger charge is 2.24. The minimum Gasteiger partial charge on any atom is -0.354 e. The van der Waals surface area contributed by atoms with E-state index in [1.807, 2.05) is 12.3 Å². The van der Waals surface area contributed by atoms with Crippen molar-refractivity contribution in [3.05, 3.63) is 58.9 Å². The first-order valence-electron chi connectivity index (χ1n) is 11.2. The molecule has 1 aromatic carbocycles. The van der Waals surface area contributed by atoms with Gasteiger partial charge in [0.1, 0.15) is 5.82 Å². The smallest absolute Gasteiger partial charge is 0.166 e. The van der Waals surface area contributed by atoms with E-state index in [2.05, 4.69) is 57.5 Å². The highest BCUT2D eigenvalue weighted by molar-refractivity contribution is 6.10. The summed E-state index contributed by atoms with van der Waals surface area (Å²) in [5.74, 6) is 1.36. The van der Waals surface area contributed by atoms with E-state index in [9.17, 15) is 4.79 Å². The first kappa shape index (κ1) is 19.3. The van der Waals surface area contributed by atoms with Crippen molar-refractivity contribution < 1.29 is 4.79 Å². The van der Waals surface area contributed by atoms with Gasteiger partial charge in [-0.2, -0.15) is 0 Å². The van der Waals surface area contributed by atoms with Crippen molar-refractivity contribution in [2.24, 2.45) is 0 Å². The van der Waals surface area contributed by atoms with E-state index in [4.69, 9.17) is 0 Å². The molecule has 0 spiro atoms. The number of nitrogens with zero attached hydrogens (tertiary/aromatic N) is 4. The molecule has 2 aliphatic heterocycles. The number of carbonyl (C=O) groups is 1. The van der Waals surface area contributed by atoms with Gasteiger partial charge in [0.2, 0.25) is 0 Å². The molecule has 0 atom stereocenters. The molecule has 0 N–H and O–H groups in total. The van der Waals surface area contributed by atoms with E-state index in [0.717, 1.165) is 74.6 Å². The third-order valence-electron chi connectivity index (χ3n) is 6.78. The van der Waals surface area contributed by atoms with Gasteiger partial charge in [0, 0.05) is 68.5 Å². The predicted molar refractivity (Wildman–Crippen MR) is 122 cm³/mol. The summed E-state index contributed by atoms with van der Waals surface area (Å²) in [6.07, 6.45) is 4.76. The van der Waals surface area contributed by atoms with Gasteiger partial charge in [-0.1, -0.05) is 18.2 Å². The number of benzene rings is 1. The Labute approximate surface area is 178 Å². The van der Waals surface area contributed by atoms with Crippen molar-refractivity contribution >= 4 is 22.5 Å². The second-order valence-electron chi connectivity index (χ2n) is 8.72. The third kappa shape index (κ3) is 3.41. The molecule has 156 valence electrons. The number of pyridine rings is 1. The van der Waals surface area contributed by atoms with Crippen molar-refractivity contribution in [2.45, 2.75) is 39.7 Å². The SMILES string of the molecule is Cc1ccnc(N2CCN(CCC(=O)c3c(C)n4c5c(cccc35)CCC4)CC2)c1. The Bertz CT molecular complexity index is 1090. The van der Waals surface area contributed by atoms with Gasteiger partial charge in [0.05, 0.1) is 5.52 Å². The van der Waals surface area contributed by atoms with Crippen LogP contribution in [-0.2, 0) is 13.0 Å². The summed E-state index contributed by atoms with van der Waals surface area (Å²) in [5.41, 5.74) is 6.04. The molecule has 0 saturated carbocycles. The number of aryl methyl sites for hydroxylation is 3. The standard InChI is InChI=1S/C25H30N4O/c1-18-8-10-26-23(17-18)28-15-13-27(14-16-28)12-9-22(30)24-19(2)29-11-4-6-20-5-3-7-21(24)25(20)29/h3,5,7-8,10,17H,4,6,9,11-16H2,1-2H3. The summed E-state index contributed by atoms with van der Waals surface area (Å²) in [4.78, 5) is 22.5. The van der Waals surface area contributed by atoms with Gasteiger partial charge in [-0.25, -0.2) is 4.98 Å². The lowest BCUT2D eigenvalue weighted by molar-refractivity contribution is 0.0963. The largest absolute Gasteiger partial charge is 0.354 e. The fourth-order valence-corrected chi connectivity index (χ4v) is 5.15. The fraction of sp³-hybridized carbons (Fsp3) is 0.440. The lowest BCUT2D eigenvalue weighted by atomic mass is 10.00. The van der Waals surface area contributed by atoms with Crippen LogP contribution in [0.1, 0.15) is 40.0 Å². The zero-order chi connectivity index (χ0) is 20.7. The van der Waals surface area contributed by atoms with E-state index in [0.29, 0.717) is 6.42 Å². The first-order valence-corrected chi connectivity index (χ1v) is 11.2. The number of aromatic nitrogens is 2. The van der Waals surface area contributed by atoms with Crippen molar-refractivity contribution in [1.82, 2.24) is 14.5 Å². The number of hydrogen-bond acceptors (Lipinski definition) is 4. The number of hydrogen-bond donors (Lipinski definition) is 0. The Morgan fingerprint density at radius 2 is 1.90 bits per heavy atom. The fourth-order valence-electron chi connectivity index (χ4n) is 5.15. The second kappa shape index (κ2) is 7.88. The Kier molecular flexibility index (Phi) is 5.07. The lowest BCUT2D eigenvalue weighted by Gasteiger charge is -2.35. The molecule has 0 bridgehead atoms. The van der Waals surface area contributed by atoms with E-state index >= 15 is 0 Å². The summed E-state index contributed by atoms with van der Waals surface area (Å²) >= 11 is 0. The minimum atomic E-state index is 0.290. The first-order chi connectivity index (χ1) is 14.6. The monoisotopic (exact) mass is 402 g/mol. The minimum absolute atomic E-state index is 0.290. The molecule has 5 rings (SSSR count). The predicted octanol–water partition coefficient (Wildman–Crippen LogP) is 3.99. The van der Waals surface area contributed by atoms with E-state index < -0.39 is 0 Å². The summed E-state index contributed by atoms with van der Waals surface area (Å²) in [7, 11) is 0. The quantitative estimate of drug-likeness (QED) is 0.605. The average Bonchev–Trinajstić information content (AvgIpc) is 3.06. The molecule has 1 fully saturated rings. The van der Waals surface area contributed by atoms with E-state index in [-0.39, 0.29) is 5.78 Å². The Morgan fingerprint density at radius 3 is 2.70 bits per heavy atom. The number of anilines is 1. The van der Waals surface area contributed by atoms with Crippen LogP contribution in [0, 0.1) is 13.8 Å². The lowest BCUT2D eigenvalue weighted by Crippen LogP contribution is -2.47. The van der Waals surface area contributed by atoms with Gasteiger partial charge in [0.25, 0.3) is 0 Å². The molecule has 5 heteroatoms. The molecule has 30 heavy (non-hydrogen) atoms. The molecule has 2 aromatic heterocycles. The van der Waals surface area contributed by atoms with Crippen LogP contribution in [0.2, 0.25) is 0 Å². The maximum Gasteiger partial charge on any atom is 0.166 e.